The maximum Gasteiger partial charge on any atom is 0.410 e. The molecule has 0 radical (unpaired) electrons. The number of benzene rings is 3. The van der Waals surface area contributed by atoms with Gasteiger partial charge in [-0.25, -0.2) is 4.79 Å². The van der Waals surface area contributed by atoms with Gasteiger partial charge in [-0.05, 0) is 66.3 Å². The van der Waals surface area contributed by atoms with Gasteiger partial charge in [-0.2, -0.15) is 0 Å². The first kappa shape index (κ1) is 22.5. The molecule has 1 atom stereocenters. The Hall–Kier alpha value is -3.67. The van der Waals surface area contributed by atoms with Gasteiger partial charge in [0.05, 0.1) is 19.8 Å². The SMILES string of the molecule is CCOC(=O)N1CCc2cc(OC)c(O)cc2C1Cc1ccc(OCc2ccccc2)cc1. The summed E-state index contributed by atoms with van der Waals surface area (Å²) < 4.78 is 16.5. The Morgan fingerprint density at radius 2 is 1.82 bits per heavy atom. The van der Waals surface area contributed by atoms with Crippen LogP contribution in [0, 0.1) is 0 Å². The van der Waals surface area contributed by atoms with Gasteiger partial charge in [-0.3, -0.25) is 0 Å². The molecule has 6 nitrogen and oxygen atoms in total. The Labute approximate surface area is 194 Å². The maximum atomic E-state index is 12.7. The van der Waals surface area contributed by atoms with Crippen molar-refractivity contribution in [2.24, 2.45) is 0 Å². The van der Waals surface area contributed by atoms with Crippen LogP contribution >= 0.6 is 0 Å². The molecule has 1 N–H and O–H groups in total. The van der Waals surface area contributed by atoms with Gasteiger partial charge in [0.15, 0.2) is 11.5 Å². The summed E-state index contributed by atoms with van der Waals surface area (Å²) in [4.78, 5) is 14.4. The van der Waals surface area contributed by atoms with Crippen molar-refractivity contribution in [3.05, 3.63) is 89.0 Å². The van der Waals surface area contributed by atoms with Crippen LogP contribution in [0.4, 0.5) is 4.79 Å². The number of ether oxygens (including phenoxy) is 3. The molecular formula is C27H29NO5. The molecular weight excluding hydrogens is 418 g/mol. The highest BCUT2D eigenvalue weighted by molar-refractivity contribution is 5.69. The van der Waals surface area contributed by atoms with Crippen LogP contribution in [-0.2, 0) is 24.2 Å². The number of hydrogen-bond donors (Lipinski definition) is 1. The highest BCUT2D eigenvalue weighted by Crippen LogP contribution is 2.39. The number of methoxy groups -OCH3 is 1. The van der Waals surface area contributed by atoms with E-state index in [2.05, 4.69) is 0 Å². The predicted molar refractivity (Wildman–Crippen MR) is 126 cm³/mol. The number of amides is 1. The number of phenols is 1. The summed E-state index contributed by atoms with van der Waals surface area (Å²) in [6.45, 7) is 3.17. The third-order valence-corrected chi connectivity index (χ3v) is 5.90. The Morgan fingerprint density at radius 1 is 1.06 bits per heavy atom. The number of carbonyl (C=O) groups excluding carboxylic acids is 1. The molecule has 1 aliphatic rings. The summed E-state index contributed by atoms with van der Waals surface area (Å²) >= 11 is 0. The number of rotatable bonds is 7. The predicted octanol–water partition coefficient (Wildman–Crippen LogP) is 5.28. The zero-order chi connectivity index (χ0) is 23.2. The zero-order valence-corrected chi connectivity index (χ0v) is 19.0. The van der Waals surface area contributed by atoms with E-state index in [9.17, 15) is 9.90 Å². The molecule has 6 heteroatoms. The summed E-state index contributed by atoms with van der Waals surface area (Å²) in [7, 11) is 1.54. The molecule has 0 saturated carbocycles. The van der Waals surface area contributed by atoms with E-state index in [-0.39, 0.29) is 17.9 Å². The lowest BCUT2D eigenvalue weighted by molar-refractivity contribution is 0.0863. The van der Waals surface area contributed by atoms with Gasteiger partial charge >= 0.3 is 6.09 Å². The summed E-state index contributed by atoms with van der Waals surface area (Å²) in [5.41, 5.74) is 4.15. The van der Waals surface area contributed by atoms with Crippen LogP contribution in [0.3, 0.4) is 0 Å². The van der Waals surface area contributed by atoms with E-state index < -0.39 is 0 Å². The summed E-state index contributed by atoms with van der Waals surface area (Å²) in [5, 5.41) is 10.4. The van der Waals surface area contributed by atoms with E-state index in [0.717, 1.165) is 28.0 Å². The monoisotopic (exact) mass is 447 g/mol. The highest BCUT2D eigenvalue weighted by atomic mass is 16.6. The molecule has 1 heterocycles. The Balaban J connectivity index is 1.54. The fourth-order valence-electron chi connectivity index (χ4n) is 4.21. The summed E-state index contributed by atoms with van der Waals surface area (Å²) in [5.74, 6) is 1.30. The number of hydrogen-bond acceptors (Lipinski definition) is 5. The second-order valence-corrected chi connectivity index (χ2v) is 8.00. The first-order valence-electron chi connectivity index (χ1n) is 11.2. The van der Waals surface area contributed by atoms with Crippen molar-refractivity contribution < 1.29 is 24.1 Å². The Kier molecular flexibility index (Phi) is 7.03. The molecule has 0 fully saturated rings. The van der Waals surface area contributed by atoms with Crippen molar-refractivity contribution in [3.63, 3.8) is 0 Å². The minimum atomic E-state index is -0.341. The van der Waals surface area contributed by atoms with Crippen molar-refractivity contribution in [1.29, 1.82) is 0 Å². The molecule has 3 aromatic carbocycles. The zero-order valence-electron chi connectivity index (χ0n) is 19.0. The average Bonchev–Trinajstić information content (AvgIpc) is 2.84. The van der Waals surface area contributed by atoms with Gasteiger partial charge in [0, 0.05) is 6.54 Å². The number of aromatic hydroxyl groups is 1. The Bertz CT molecular complexity index is 1080. The van der Waals surface area contributed by atoms with Crippen LogP contribution in [0.2, 0.25) is 0 Å². The van der Waals surface area contributed by atoms with Gasteiger partial charge in [-0.1, -0.05) is 42.5 Å². The molecule has 0 saturated heterocycles. The maximum absolute atomic E-state index is 12.7. The van der Waals surface area contributed by atoms with Gasteiger partial charge in [0.25, 0.3) is 0 Å². The first-order valence-corrected chi connectivity index (χ1v) is 11.2. The van der Waals surface area contributed by atoms with Crippen molar-refractivity contribution in [2.75, 3.05) is 20.3 Å². The van der Waals surface area contributed by atoms with Crippen LogP contribution < -0.4 is 9.47 Å². The molecule has 33 heavy (non-hydrogen) atoms. The number of nitrogens with zero attached hydrogens (tertiary/aromatic N) is 1. The molecule has 3 aromatic rings. The van der Waals surface area contributed by atoms with Gasteiger partial charge in [-0.15, -0.1) is 0 Å². The molecule has 1 unspecified atom stereocenters. The standard InChI is InChI=1S/C27H29NO5/c1-3-32-27(30)28-14-13-21-16-26(31-2)25(29)17-23(21)24(28)15-19-9-11-22(12-10-19)33-18-20-7-5-4-6-8-20/h4-12,16-17,24,29H,3,13-15,18H2,1-2H3. The molecule has 0 spiro atoms. The number of carbonyl (C=O) groups is 1. The van der Waals surface area contributed by atoms with Gasteiger partial charge < -0.3 is 24.2 Å². The van der Waals surface area contributed by atoms with E-state index in [4.69, 9.17) is 14.2 Å². The molecule has 0 aliphatic carbocycles. The average molecular weight is 448 g/mol. The van der Waals surface area contributed by atoms with Crippen LogP contribution in [-0.4, -0.2) is 36.4 Å². The first-order chi connectivity index (χ1) is 16.1. The van der Waals surface area contributed by atoms with E-state index in [1.165, 1.54) is 7.11 Å². The topological polar surface area (TPSA) is 68.2 Å². The van der Waals surface area contributed by atoms with E-state index >= 15 is 0 Å². The Morgan fingerprint density at radius 3 is 2.52 bits per heavy atom. The number of phenolic OH excluding ortho intramolecular Hbond substituents is 1. The van der Waals surface area contributed by atoms with Crippen LogP contribution in [0.5, 0.6) is 17.2 Å². The lowest BCUT2D eigenvalue weighted by Crippen LogP contribution is -2.41. The smallest absolute Gasteiger partial charge is 0.410 e. The lowest BCUT2D eigenvalue weighted by Gasteiger charge is -2.37. The van der Waals surface area contributed by atoms with Crippen molar-refractivity contribution in [3.8, 4) is 17.2 Å². The molecule has 0 aromatic heterocycles. The normalized spacial score (nSPS) is 15.0. The third-order valence-electron chi connectivity index (χ3n) is 5.90. The minimum Gasteiger partial charge on any atom is -0.504 e. The van der Waals surface area contributed by atoms with Crippen molar-refractivity contribution >= 4 is 6.09 Å². The second-order valence-electron chi connectivity index (χ2n) is 8.00. The number of fused-ring (bicyclic) bond motifs is 1. The fourth-order valence-corrected chi connectivity index (χ4v) is 4.21. The van der Waals surface area contributed by atoms with Crippen LogP contribution in [0.15, 0.2) is 66.7 Å². The molecule has 0 bridgehead atoms. The highest BCUT2D eigenvalue weighted by Gasteiger charge is 2.33. The quantitative estimate of drug-likeness (QED) is 0.534. The van der Waals surface area contributed by atoms with E-state index in [1.807, 2.05) is 60.7 Å². The van der Waals surface area contributed by atoms with Crippen LogP contribution in [0.1, 0.15) is 35.2 Å². The molecule has 1 aliphatic heterocycles. The van der Waals surface area contributed by atoms with Crippen molar-refractivity contribution in [2.45, 2.75) is 32.4 Å². The molecule has 4 rings (SSSR count). The fraction of sp³-hybridized carbons (Fsp3) is 0.296. The second kappa shape index (κ2) is 10.3. The van der Waals surface area contributed by atoms with Gasteiger partial charge in [0.1, 0.15) is 12.4 Å². The van der Waals surface area contributed by atoms with E-state index in [0.29, 0.717) is 38.3 Å². The minimum absolute atomic E-state index is 0.0663. The van der Waals surface area contributed by atoms with Gasteiger partial charge in [0.2, 0.25) is 0 Å². The van der Waals surface area contributed by atoms with Crippen LogP contribution in [0.25, 0.3) is 0 Å². The summed E-state index contributed by atoms with van der Waals surface area (Å²) in [6, 6.07) is 21.3. The molecule has 172 valence electrons. The molecule has 1 amide bonds. The van der Waals surface area contributed by atoms with Crippen molar-refractivity contribution in [1.82, 2.24) is 4.90 Å². The van der Waals surface area contributed by atoms with E-state index in [1.54, 1.807) is 17.9 Å². The summed E-state index contributed by atoms with van der Waals surface area (Å²) in [6.07, 6.45) is 0.927. The largest absolute Gasteiger partial charge is 0.504 e. The third kappa shape index (κ3) is 5.22. The lowest BCUT2D eigenvalue weighted by atomic mass is 9.88.